The molecule has 6 heterocycles. The molecule has 0 aliphatic rings. The van der Waals surface area contributed by atoms with Gasteiger partial charge in [-0.1, -0.05) is 217 Å². The van der Waals surface area contributed by atoms with Crippen LogP contribution in [0.25, 0.3) is 51.1 Å². The number of ether oxygens (including phenoxy) is 5. The third kappa shape index (κ3) is 26.3. The molecule has 7 aromatic carbocycles. The summed E-state index contributed by atoms with van der Waals surface area (Å²) in [7, 11) is 1.59. The number of carbonyl (C=O) groups is 1. The predicted octanol–water partition coefficient (Wildman–Crippen LogP) is 23.3. The zero-order valence-electron chi connectivity index (χ0n) is 73.7. The summed E-state index contributed by atoms with van der Waals surface area (Å²) in [5.74, 6) is 6.30. The molecular formula is C95H123N15O10S2. The number of methoxy groups -OCH3 is 1. The van der Waals surface area contributed by atoms with E-state index in [1.54, 1.807) is 40.6 Å². The van der Waals surface area contributed by atoms with Crippen LogP contribution in [0, 0.1) is 55.4 Å². The van der Waals surface area contributed by atoms with E-state index in [2.05, 4.69) is 123 Å². The van der Waals surface area contributed by atoms with Crippen molar-refractivity contribution >= 4 is 62.4 Å². The quantitative estimate of drug-likeness (QED) is 0.0194. The molecule has 3 atom stereocenters. The number of rotatable bonds is 43. The van der Waals surface area contributed by atoms with Crippen molar-refractivity contribution in [3.8, 4) is 80.3 Å². The van der Waals surface area contributed by atoms with Gasteiger partial charge >= 0.3 is 22.5 Å². The van der Waals surface area contributed by atoms with Gasteiger partial charge < -0.3 is 37.4 Å². The standard InChI is InChI=1S/C33H47N5O3S.C32H37N5O5S.C30H39N5O2/c1-6-7-8-9-10-11-12-13-14-15-22-40-27-18-20-28(21-19-27)41-42(39)37-29-23-26(17-16-25(29)2)32-34-31-24-30(33(3,4)5)35-38(31)36-32;1-4-5-6-7-8-11-19-40-27-18-17-23(2)20-29(27)42-43(38)36-25-14-12-13-24(21-25)32-33-30-22-31(34-37(30)35-32)41-28-16-10-9-15-26(28)39-3;1-8-9-10-11-12-25(37-24-14-13-18(2)15-19(24)3)30(36)32-28-21(5)16-20(4)27(23(28)7)29-31-26-17-22(6)33-35(26)34-29/h16-21,23-24,35,37H,6-15,22H2,1-5H3;9-10,12-18,20-22,36H,4-8,11,19H2,1-3H3,(H,33,35);13-17,25,33H,8-12H2,1-7H3,(H,32,36). The predicted molar refractivity (Wildman–Crippen MR) is 490 cm³/mol. The lowest BCUT2D eigenvalue weighted by molar-refractivity contribution is -0.123. The molecule has 27 heteroatoms. The minimum atomic E-state index is -1.86. The molecule has 0 bridgehead atoms. The molecule has 0 radical (unpaired) electrons. The molecule has 6 N–H and O–H groups in total. The Morgan fingerprint density at radius 3 is 1.74 bits per heavy atom. The number of aromatic amines is 3. The van der Waals surface area contributed by atoms with Gasteiger partial charge in [-0.3, -0.25) is 29.5 Å². The van der Waals surface area contributed by atoms with Gasteiger partial charge in [-0.2, -0.15) is 22.3 Å². The van der Waals surface area contributed by atoms with Gasteiger partial charge in [0.2, 0.25) is 5.88 Å². The average molecular weight is 1700 g/mol. The third-order valence-electron chi connectivity index (χ3n) is 21.1. The van der Waals surface area contributed by atoms with Crippen LogP contribution in [0.4, 0.5) is 17.1 Å². The van der Waals surface area contributed by atoms with E-state index in [1.807, 2.05) is 157 Å². The van der Waals surface area contributed by atoms with Gasteiger partial charge in [0.25, 0.3) is 5.91 Å². The van der Waals surface area contributed by atoms with Crippen molar-refractivity contribution in [2.24, 2.45) is 0 Å². The largest absolute Gasteiger partial charge is 0.494 e. The Labute approximate surface area is 723 Å². The van der Waals surface area contributed by atoms with E-state index in [4.69, 9.17) is 37.0 Å². The monoisotopic (exact) mass is 1700 g/mol. The minimum Gasteiger partial charge on any atom is -0.494 e. The van der Waals surface area contributed by atoms with Crippen LogP contribution >= 0.6 is 0 Å². The first-order valence-electron chi connectivity index (χ1n) is 43.1. The minimum absolute atomic E-state index is 0.0205. The zero-order valence-corrected chi connectivity index (χ0v) is 75.3. The molecule has 0 saturated heterocycles. The number of nitrogens with zero attached hydrogens (tertiary/aromatic N) is 9. The van der Waals surface area contributed by atoms with E-state index in [0.717, 1.165) is 135 Å². The van der Waals surface area contributed by atoms with Gasteiger partial charge in [-0.05, 0) is 187 Å². The number of H-pyrrole nitrogens is 3. The number of unbranched alkanes of at least 4 members (excludes halogenated alkanes) is 17. The van der Waals surface area contributed by atoms with Crippen molar-refractivity contribution in [3.05, 3.63) is 202 Å². The summed E-state index contributed by atoms with van der Waals surface area (Å²) in [6.45, 7) is 30.4. The van der Waals surface area contributed by atoms with E-state index < -0.39 is 28.6 Å². The maximum absolute atomic E-state index is 13.7. The maximum Gasteiger partial charge on any atom is 0.316 e. The molecule has 0 aliphatic heterocycles. The molecule has 0 saturated carbocycles. The van der Waals surface area contributed by atoms with Crippen LogP contribution in [-0.2, 0) is 32.7 Å². The summed E-state index contributed by atoms with van der Waals surface area (Å²) in [6.07, 6.45) is 24.5. The number of benzene rings is 7. The summed E-state index contributed by atoms with van der Waals surface area (Å²) in [6, 6.07) is 47.3. The molecule has 6 aromatic heterocycles. The molecule has 650 valence electrons. The highest BCUT2D eigenvalue weighted by Gasteiger charge is 2.27. The lowest BCUT2D eigenvalue weighted by Crippen LogP contribution is -2.33. The molecule has 3 unspecified atom stereocenters. The van der Waals surface area contributed by atoms with Crippen LogP contribution in [0.5, 0.6) is 46.1 Å². The molecule has 25 nitrogen and oxygen atoms in total. The van der Waals surface area contributed by atoms with Gasteiger partial charge in [0.15, 0.2) is 63.5 Å². The Morgan fingerprint density at radius 1 is 0.475 bits per heavy atom. The van der Waals surface area contributed by atoms with E-state index in [9.17, 15) is 13.2 Å². The van der Waals surface area contributed by atoms with Crippen LogP contribution in [0.1, 0.15) is 227 Å². The lowest BCUT2D eigenvalue weighted by atomic mass is 9.93. The maximum atomic E-state index is 13.7. The molecule has 0 aliphatic carbocycles. The van der Waals surface area contributed by atoms with Crippen molar-refractivity contribution in [2.75, 3.05) is 35.1 Å². The topological polar surface area (TPSA) is 290 Å². The number of hydrogen-bond donors (Lipinski definition) is 6. The first kappa shape index (κ1) is 91.3. The first-order valence-corrected chi connectivity index (χ1v) is 45.3. The van der Waals surface area contributed by atoms with E-state index in [0.29, 0.717) is 88.8 Å². The number of amides is 1. The Morgan fingerprint density at radius 2 is 1.07 bits per heavy atom. The number of aryl methyl sites for hydroxylation is 7. The smallest absolute Gasteiger partial charge is 0.316 e. The Kier molecular flexibility index (Phi) is 33.6. The summed E-state index contributed by atoms with van der Waals surface area (Å²) in [4.78, 5) is 27.7. The molecule has 13 rings (SSSR count). The number of para-hydroxylation sites is 2. The summed E-state index contributed by atoms with van der Waals surface area (Å²) >= 11 is -3.64. The van der Waals surface area contributed by atoms with Crippen LogP contribution in [0.3, 0.4) is 0 Å². The Bertz CT molecular complexity index is 5490. The second-order valence-electron chi connectivity index (χ2n) is 32.5. The highest BCUT2D eigenvalue weighted by atomic mass is 32.2. The number of aromatic nitrogens is 12. The molecular weight excluding hydrogens is 1580 g/mol. The average Bonchev–Trinajstić information content (AvgIpc) is 1.57. The number of hydrogen-bond acceptors (Lipinski definition) is 16. The fraction of sp³-hybridized carbons (Fsp3) is 0.421. The third-order valence-corrected chi connectivity index (χ3v) is 22.5. The number of nitrogens with one attached hydrogen (secondary N) is 6. The molecule has 122 heavy (non-hydrogen) atoms. The van der Waals surface area contributed by atoms with Gasteiger partial charge in [-0.25, -0.2) is 15.0 Å². The molecule has 0 fully saturated rings. The van der Waals surface area contributed by atoms with Gasteiger partial charge in [0.1, 0.15) is 17.2 Å². The first-order chi connectivity index (χ1) is 58.9. The van der Waals surface area contributed by atoms with Crippen molar-refractivity contribution in [2.45, 2.75) is 243 Å². The molecule has 0 spiro atoms. The van der Waals surface area contributed by atoms with Gasteiger partial charge in [0.05, 0.1) is 31.7 Å². The zero-order chi connectivity index (χ0) is 86.7. The van der Waals surface area contributed by atoms with Crippen LogP contribution < -0.4 is 46.8 Å². The molecule has 1 amide bonds. The fourth-order valence-electron chi connectivity index (χ4n) is 14.3. The highest BCUT2D eigenvalue weighted by Crippen LogP contribution is 2.37. The van der Waals surface area contributed by atoms with Crippen LogP contribution in [0.15, 0.2) is 152 Å². The summed E-state index contributed by atoms with van der Waals surface area (Å²) < 4.78 is 77.4. The van der Waals surface area contributed by atoms with Crippen LogP contribution in [-0.4, -0.2) is 100 Å². The molecule has 13 aromatic rings. The second-order valence-corrected chi connectivity index (χ2v) is 34.1. The number of carbonyl (C=O) groups excluding carboxylic acids is 1. The lowest BCUT2D eigenvalue weighted by Gasteiger charge is -2.22. The van der Waals surface area contributed by atoms with Gasteiger partial charge in [0, 0.05) is 57.4 Å². The van der Waals surface area contributed by atoms with E-state index in [-0.39, 0.29) is 11.3 Å². The van der Waals surface area contributed by atoms with E-state index in [1.165, 1.54) is 93.7 Å². The summed E-state index contributed by atoms with van der Waals surface area (Å²) in [5, 5.41) is 26.5. The number of anilines is 3. The normalized spacial score (nSPS) is 12.2. The van der Waals surface area contributed by atoms with Crippen molar-refractivity contribution < 1.29 is 45.3 Å². The van der Waals surface area contributed by atoms with Crippen LogP contribution in [0.2, 0.25) is 0 Å². The fourth-order valence-corrected chi connectivity index (χ4v) is 15.7. The Hall–Kier alpha value is -11.5. The number of fused-ring (bicyclic) bond motifs is 3. The second kappa shape index (κ2) is 44.9. The highest BCUT2D eigenvalue weighted by molar-refractivity contribution is 7.82. The van der Waals surface area contributed by atoms with Crippen molar-refractivity contribution in [1.82, 2.24) is 59.4 Å². The summed E-state index contributed by atoms with van der Waals surface area (Å²) in [5.41, 5.74) is 15.9. The van der Waals surface area contributed by atoms with E-state index >= 15 is 0 Å². The SMILES string of the molecule is CCCCCCC(Oc1ccc(C)cc1C)C(=O)Nc1c(C)cc(C)c(-c2nc3cc(C)[nH]n3n2)c1C.CCCCCCCCCCCCOc1ccc(OS(=O)Nc2cc(-c3nc4cc(C(C)(C)C)[nH]n4n3)ccc2C)cc1.CCCCCCCCOc1ccc(C)cc1OS(=O)Nc1cccc(-c2nc3cc(Oc4ccccc4OC)nn3[nH]2)c1. The van der Waals surface area contributed by atoms with Crippen molar-refractivity contribution in [1.29, 1.82) is 0 Å². The van der Waals surface area contributed by atoms with Crippen molar-refractivity contribution in [3.63, 3.8) is 0 Å². The van der Waals surface area contributed by atoms with Gasteiger partial charge in [-0.15, -0.1) is 15.3 Å². The Balaban J connectivity index is 0.000000179.